The second-order valence-electron chi connectivity index (χ2n) is 7.63. The van der Waals surface area contributed by atoms with Gasteiger partial charge < -0.3 is 19.3 Å². The minimum Gasteiger partial charge on any atom is -0.377 e. The maximum atomic E-state index is 14.5. The molecule has 3 fully saturated rings. The van der Waals surface area contributed by atoms with Crippen molar-refractivity contribution < 1.29 is 23.5 Å². The van der Waals surface area contributed by atoms with Crippen molar-refractivity contribution in [2.24, 2.45) is 0 Å². The molecule has 2 saturated heterocycles. The van der Waals surface area contributed by atoms with E-state index in [1.54, 1.807) is 23.9 Å². The highest BCUT2D eigenvalue weighted by Crippen LogP contribution is 2.38. The van der Waals surface area contributed by atoms with E-state index in [0.717, 1.165) is 6.42 Å². The van der Waals surface area contributed by atoms with E-state index in [1.165, 1.54) is 0 Å². The Morgan fingerprint density at radius 1 is 1.16 bits per heavy atom. The topological polar surface area (TPSA) is 62.3 Å². The van der Waals surface area contributed by atoms with Gasteiger partial charge in [0.2, 0.25) is 5.91 Å². The van der Waals surface area contributed by atoms with E-state index in [1.807, 2.05) is 4.90 Å². The molecule has 2 heterocycles. The Balaban J connectivity index is 1.68. The lowest BCUT2D eigenvalue weighted by Crippen LogP contribution is -2.63. The average molecular weight is 357 g/mol. The lowest BCUT2D eigenvalue weighted by molar-refractivity contribution is -0.175. The zero-order valence-electron chi connectivity index (χ0n) is 15.1. The lowest BCUT2D eigenvalue weighted by Gasteiger charge is -2.46. The fourth-order valence-corrected chi connectivity index (χ4v) is 3.64. The summed E-state index contributed by atoms with van der Waals surface area (Å²) in [7, 11) is 3.45. The Morgan fingerprint density at radius 2 is 1.92 bits per heavy atom. The second kappa shape index (κ2) is 7.17. The smallest absolute Gasteiger partial charge is 0.260 e. The summed E-state index contributed by atoms with van der Waals surface area (Å²) in [5.74, 6) is -0.403. The Hall–Kier alpha value is -1.25. The number of rotatable bonds is 3. The minimum absolute atomic E-state index is 0.0120. The van der Waals surface area contributed by atoms with Crippen LogP contribution in [0.1, 0.15) is 19.3 Å². The zero-order valence-corrected chi connectivity index (χ0v) is 15.1. The number of carbonyl (C=O) groups is 2. The van der Waals surface area contributed by atoms with Gasteiger partial charge in [-0.2, -0.15) is 0 Å². The first kappa shape index (κ1) is 18.5. The van der Waals surface area contributed by atoms with E-state index in [-0.39, 0.29) is 12.5 Å². The molecule has 3 aliphatic rings. The summed E-state index contributed by atoms with van der Waals surface area (Å²) in [5.41, 5.74) is -2.39. The highest BCUT2D eigenvalue weighted by atomic mass is 19.1. The number of amides is 2. The summed E-state index contributed by atoms with van der Waals surface area (Å²) in [4.78, 5) is 29.7. The number of halogens is 1. The van der Waals surface area contributed by atoms with Gasteiger partial charge in [-0.1, -0.05) is 0 Å². The van der Waals surface area contributed by atoms with Crippen LogP contribution in [0.4, 0.5) is 4.39 Å². The molecule has 1 spiro atoms. The summed E-state index contributed by atoms with van der Waals surface area (Å²) in [6.45, 7) is 3.34. The molecule has 1 aliphatic carbocycles. The van der Waals surface area contributed by atoms with Crippen LogP contribution in [-0.2, 0) is 19.1 Å². The van der Waals surface area contributed by atoms with Crippen molar-refractivity contribution in [3.8, 4) is 0 Å². The van der Waals surface area contributed by atoms with Crippen LogP contribution in [0.5, 0.6) is 0 Å². The van der Waals surface area contributed by atoms with E-state index in [2.05, 4.69) is 0 Å². The van der Waals surface area contributed by atoms with E-state index in [0.29, 0.717) is 58.8 Å². The largest absolute Gasteiger partial charge is 0.377 e. The molecule has 1 atom stereocenters. The number of hydrogen-bond acceptors (Lipinski definition) is 5. The average Bonchev–Trinajstić information content (AvgIpc) is 2.74. The number of alkyl halides is 1. The molecule has 1 unspecified atom stereocenters. The van der Waals surface area contributed by atoms with E-state index >= 15 is 0 Å². The third-order valence-electron chi connectivity index (χ3n) is 5.35. The molecule has 0 aromatic rings. The van der Waals surface area contributed by atoms with E-state index in [9.17, 15) is 14.0 Å². The van der Waals surface area contributed by atoms with Crippen molar-refractivity contribution in [3.63, 3.8) is 0 Å². The van der Waals surface area contributed by atoms with Crippen molar-refractivity contribution in [2.75, 3.05) is 66.6 Å². The maximum absolute atomic E-state index is 14.5. The first-order valence-corrected chi connectivity index (χ1v) is 8.96. The van der Waals surface area contributed by atoms with Crippen molar-refractivity contribution in [1.29, 1.82) is 0 Å². The minimum atomic E-state index is -1.69. The second-order valence-corrected chi connectivity index (χ2v) is 7.63. The van der Waals surface area contributed by atoms with Crippen LogP contribution >= 0.6 is 0 Å². The van der Waals surface area contributed by atoms with Gasteiger partial charge in [0, 0.05) is 33.7 Å². The van der Waals surface area contributed by atoms with Crippen molar-refractivity contribution in [2.45, 2.75) is 30.5 Å². The summed E-state index contributed by atoms with van der Waals surface area (Å²) >= 11 is 0. The fourth-order valence-electron chi connectivity index (χ4n) is 3.64. The quantitative estimate of drug-likeness (QED) is 0.706. The monoisotopic (exact) mass is 357 g/mol. The molecule has 0 aromatic carbocycles. The highest BCUT2D eigenvalue weighted by molar-refractivity contribution is 5.86. The molecule has 0 aromatic heterocycles. The van der Waals surface area contributed by atoms with Gasteiger partial charge in [-0.15, -0.1) is 0 Å². The van der Waals surface area contributed by atoms with Gasteiger partial charge in [-0.25, -0.2) is 4.39 Å². The van der Waals surface area contributed by atoms with Gasteiger partial charge >= 0.3 is 0 Å². The Bertz CT molecular complexity index is 526. The van der Waals surface area contributed by atoms with Gasteiger partial charge in [0.25, 0.3) is 5.91 Å². The molecule has 3 rings (SSSR count). The normalized spacial score (nSPS) is 29.8. The van der Waals surface area contributed by atoms with Gasteiger partial charge in [-0.3, -0.25) is 14.5 Å². The van der Waals surface area contributed by atoms with Crippen molar-refractivity contribution in [3.05, 3.63) is 0 Å². The molecule has 2 aliphatic heterocycles. The van der Waals surface area contributed by atoms with Crippen LogP contribution in [0.3, 0.4) is 0 Å². The summed E-state index contributed by atoms with van der Waals surface area (Å²) < 4.78 is 26.2. The predicted octanol–water partition coefficient (Wildman–Crippen LogP) is -0.103. The van der Waals surface area contributed by atoms with Crippen molar-refractivity contribution in [1.82, 2.24) is 14.7 Å². The van der Waals surface area contributed by atoms with Gasteiger partial charge in [0.1, 0.15) is 5.60 Å². The standard InChI is InChI=1S/C17H28FN3O4/c1-19(2)14(22)10-20-6-8-24-13-16(11-20)12-21(7-9-25-16)15(23)17(18)4-3-5-17/h3-13H2,1-2H3. The number of carbonyl (C=O) groups excluding carboxylic acids is 2. The lowest BCUT2D eigenvalue weighted by atomic mass is 9.80. The van der Waals surface area contributed by atoms with Crippen LogP contribution in [0.15, 0.2) is 0 Å². The third-order valence-corrected chi connectivity index (χ3v) is 5.35. The molecule has 1 saturated carbocycles. The van der Waals surface area contributed by atoms with E-state index < -0.39 is 17.2 Å². The molecule has 8 heteroatoms. The third kappa shape index (κ3) is 3.96. The molecule has 0 radical (unpaired) electrons. The molecule has 25 heavy (non-hydrogen) atoms. The predicted molar refractivity (Wildman–Crippen MR) is 88.9 cm³/mol. The Morgan fingerprint density at radius 3 is 2.56 bits per heavy atom. The Kier molecular flexibility index (Phi) is 5.31. The number of hydrogen-bond donors (Lipinski definition) is 0. The SMILES string of the molecule is CN(C)C(=O)CN1CCOCC2(C1)CN(C(=O)C1(F)CCC1)CCO2. The molecule has 7 nitrogen and oxygen atoms in total. The van der Waals surface area contributed by atoms with Crippen LogP contribution in [0.25, 0.3) is 0 Å². The van der Waals surface area contributed by atoms with Crippen LogP contribution < -0.4 is 0 Å². The van der Waals surface area contributed by atoms with Gasteiger partial charge in [0.05, 0.1) is 32.9 Å². The maximum Gasteiger partial charge on any atom is 0.260 e. The van der Waals surface area contributed by atoms with Crippen molar-refractivity contribution >= 4 is 11.8 Å². The number of likely N-dealkylation sites (N-methyl/N-ethyl adjacent to an activating group) is 1. The molecule has 0 bridgehead atoms. The fraction of sp³-hybridized carbons (Fsp3) is 0.882. The zero-order chi connectivity index (χ0) is 18.1. The van der Waals surface area contributed by atoms with Crippen LogP contribution in [0.2, 0.25) is 0 Å². The van der Waals surface area contributed by atoms with Crippen LogP contribution in [0, 0.1) is 0 Å². The number of nitrogens with zero attached hydrogens (tertiary/aromatic N) is 3. The molecule has 2 amide bonds. The van der Waals surface area contributed by atoms with Gasteiger partial charge in [-0.05, 0) is 19.3 Å². The number of ether oxygens (including phenoxy) is 2. The van der Waals surface area contributed by atoms with Gasteiger partial charge in [0.15, 0.2) is 5.67 Å². The summed E-state index contributed by atoms with van der Waals surface area (Å²) in [6, 6.07) is 0. The first-order valence-electron chi connectivity index (χ1n) is 8.96. The molecule has 0 N–H and O–H groups in total. The molecular weight excluding hydrogens is 329 g/mol. The molecular formula is C17H28FN3O4. The highest BCUT2D eigenvalue weighted by Gasteiger charge is 2.50. The summed E-state index contributed by atoms with van der Waals surface area (Å²) in [6.07, 6.45) is 1.40. The first-order chi connectivity index (χ1) is 11.8. The molecule has 142 valence electrons. The Labute approximate surface area is 148 Å². The van der Waals surface area contributed by atoms with E-state index in [4.69, 9.17) is 9.47 Å². The van der Waals surface area contributed by atoms with Crippen LogP contribution in [-0.4, -0.2) is 104 Å². The number of morpholine rings is 1. The summed E-state index contributed by atoms with van der Waals surface area (Å²) in [5, 5.41) is 0.